The number of hydrogen-bond donors (Lipinski definition) is 2. The fraction of sp³-hybridized carbons (Fsp3) is 0.0952. The van der Waals surface area contributed by atoms with E-state index in [1.165, 1.54) is 18.2 Å². The van der Waals surface area contributed by atoms with Gasteiger partial charge in [-0.05, 0) is 29.3 Å². The van der Waals surface area contributed by atoms with E-state index in [0.29, 0.717) is 5.69 Å². The average Bonchev–Trinajstić information content (AvgIpc) is 2.63. The average molecular weight is 334 g/mol. The van der Waals surface area contributed by atoms with E-state index >= 15 is 0 Å². The van der Waals surface area contributed by atoms with E-state index in [1.54, 1.807) is 0 Å². The van der Waals surface area contributed by atoms with Gasteiger partial charge in [-0.1, -0.05) is 60.7 Å². The molecular weight excluding hydrogens is 315 g/mol. The van der Waals surface area contributed by atoms with Crippen LogP contribution in [0, 0.1) is 5.82 Å². The number of rotatable bonds is 5. The normalized spacial score (nSPS) is 10.6. The highest BCUT2D eigenvalue weighted by atomic mass is 19.1. The van der Waals surface area contributed by atoms with Crippen LogP contribution in [0.2, 0.25) is 0 Å². The van der Waals surface area contributed by atoms with Gasteiger partial charge in [0.2, 0.25) is 5.91 Å². The molecule has 0 atom stereocenters. The number of anilines is 2. The SMILES string of the molecule is Nc1cc(F)ccc1NC(=O)CC(c1ccccc1)c1ccccc1. The van der Waals surface area contributed by atoms with Gasteiger partial charge in [-0.25, -0.2) is 4.39 Å². The summed E-state index contributed by atoms with van der Waals surface area (Å²) in [5, 5.41) is 2.78. The summed E-state index contributed by atoms with van der Waals surface area (Å²) in [6, 6.07) is 23.7. The molecule has 1 amide bonds. The molecule has 3 aromatic carbocycles. The van der Waals surface area contributed by atoms with Crippen LogP contribution in [-0.2, 0) is 4.79 Å². The zero-order chi connectivity index (χ0) is 17.6. The molecule has 0 aromatic heterocycles. The molecule has 0 unspecified atom stereocenters. The molecule has 0 aliphatic heterocycles. The van der Waals surface area contributed by atoms with Crippen molar-refractivity contribution >= 4 is 17.3 Å². The number of carbonyl (C=O) groups is 1. The summed E-state index contributed by atoms with van der Waals surface area (Å²) in [5.41, 5.74) is 8.53. The van der Waals surface area contributed by atoms with Crippen LogP contribution in [0.25, 0.3) is 0 Å². The van der Waals surface area contributed by atoms with Crippen molar-refractivity contribution in [2.24, 2.45) is 0 Å². The number of nitrogens with two attached hydrogens (primary N) is 1. The summed E-state index contributed by atoms with van der Waals surface area (Å²) in [6.45, 7) is 0. The largest absolute Gasteiger partial charge is 0.397 e. The van der Waals surface area contributed by atoms with E-state index < -0.39 is 5.82 Å². The number of carbonyl (C=O) groups excluding carboxylic acids is 1. The smallest absolute Gasteiger partial charge is 0.225 e. The van der Waals surface area contributed by atoms with Crippen molar-refractivity contribution < 1.29 is 9.18 Å². The standard InChI is InChI=1S/C21H19FN2O/c22-17-11-12-20(19(23)13-17)24-21(25)14-18(15-7-3-1-4-8-15)16-9-5-2-6-10-16/h1-13,18H,14,23H2,(H,24,25). The Morgan fingerprint density at radius 3 is 2.00 bits per heavy atom. The molecule has 0 saturated heterocycles. The Morgan fingerprint density at radius 2 is 1.48 bits per heavy atom. The lowest BCUT2D eigenvalue weighted by Gasteiger charge is -2.18. The lowest BCUT2D eigenvalue weighted by molar-refractivity contribution is -0.116. The van der Waals surface area contributed by atoms with Gasteiger partial charge >= 0.3 is 0 Å². The Bertz CT molecular complexity index is 811. The topological polar surface area (TPSA) is 55.1 Å². The van der Waals surface area contributed by atoms with Crippen molar-refractivity contribution in [2.45, 2.75) is 12.3 Å². The Morgan fingerprint density at radius 1 is 0.920 bits per heavy atom. The van der Waals surface area contributed by atoms with Gasteiger partial charge in [-0.15, -0.1) is 0 Å². The molecule has 0 heterocycles. The minimum absolute atomic E-state index is 0.0657. The maximum absolute atomic E-state index is 13.1. The summed E-state index contributed by atoms with van der Waals surface area (Å²) in [4.78, 5) is 12.5. The van der Waals surface area contributed by atoms with E-state index in [0.717, 1.165) is 11.1 Å². The van der Waals surface area contributed by atoms with Crippen molar-refractivity contribution in [3.05, 3.63) is 95.8 Å². The quantitative estimate of drug-likeness (QED) is 0.672. The summed E-state index contributed by atoms with van der Waals surface area (Å²) in [5.74, 6) is -0.665. The van der Waals surface area contributed by atoms with Gasteiger partial charge in [0.1, 0.15) is 5.82 Å². The molecule has 0 aliphatic carbocycles. The second-order valence-electron chi connectivity index (χ2n) is 5.86. The van der Waals surface area contributed by atoms with Crippen LogP contribution in [0.1, 0.15) is 23.5 Å². The maximum atomic E-state index is 13.1. The van der Waals surface area contributed by atoms with Crippen molar-refractivity contribution in [1.82, 2.24) is 0 Å². The number of amides is 1. The fourth-order valence-corrected chi connectivity index (χ4v) is 2.83. The van der Waals surface area contributed by atoms with Crippen LogP contribution in [0.15, 0.2) is 78.9 Å². The zero-order valence-electron chi connectivity index (χ0n) is 13.7. The Balaban J connectivity index is 1.82. The lowest BCUT2D eigenvalue weighted by atomic mass is 9.88. The first-order chi connectivity index (χ1) is 12.1. The fourth-order valence-electron chi connectivity index (χ4n) is 2.83. The minimum Gasteiger partial charge on any atom is -0.397 e. The van der Waals surface area contributed by atoms with Gasteiger partial charge in [0.05, 0.1) is 11.4 Å². The molecule has 0 saturated carbocycles. The van der Waals surface area contributed by atoms with E-state index in [2.05, 4.69) is 5.32 Å². The first-order valence-corrected chi connectivity index (χ1v) is 8.08. The highest BCUT2D eigenvalue weighted by molar-refractivity contribution is 5.94. The molecule has 3 aromatic rings. The molecule has 0 radical (unpaired) electrons. The van der Waals surface area contributed by atoms with Crippen LogP contribution in [0.5, 0.6) is 0 Å². The van der Waals surface area contributed by atoms with Crippen molar-refractivity contribution in [2.75, 3.05) is 11.1 Å². The Kier molecular flexibility index (Phi) is 5.09. The predicted octanol–water partition coefficient (Wildman–Crippen LogP) is 4.57. The van der Waals surface area contributed by atoms with Crippen LogP contribution in [0.4, 0.5) is 15.8 Å². The molecule has 3 rings (SSSR count). The summed E-state index contributed by atoms with van der Waals surface area (Å²) < 4.78 is 13.1. The van der Waals surface area contributed by atoms with E-state index in [1.807, 2.05) is 60.7 Å². The summed E-state index contributed by atoms with van der Waals surface area (Å²) in [7, 11) is 0. The number of hydrogen-bond acceptors (Lipinski definition) is 2. The first-order valence-electron chi connectivity index (χ1n) is 8.08. The Hall–Kier alpha value is -3.14. The third-order valence-electron chi connectivity index (χ3n) is 4.08. The molecule has 126 valence electrons. The van der Waals surface area contributed by atoms with Gasteiger partial charge in [0.25, 0.3) is 0 Å². The highest BCUT2D eigenvalue weighted by Crippen LogP contribution is 2.29. The van der Waals surface area contributed by atoms with Crippen LogP contribution < -0.4 is 11.1 Å². The molecule has 3 nitrogen and oxygen atoms in total. The van der Waals surface area contributed by atoms with Gasteiger partial charge in [-0.2, -0.15) is 0 Å². The third kappa shape index (κ3) is 4.23. The maximum Gasteiger partial charge on any atom is 0.225 e. The summed E-state index contributed by atoms with van der Waals surface area (Å²) >= 11 is 0. The molecule has 4 heteroatoms. The van der Waals surface area contributed by atoms with Gasteiger partial charge in [0, 0.05) is 12.3 Å². The number of benzene rings is 3. The second-order valence-corrected chi connectivity index (χ2v) is 5.86. The summed E-state index contributed by atoms with van der Waals surface area (Å²) in [6.07, 6.45) is 0.269. The number of halogens is 1. The lowest BCUT2D eigenvalue weighted by Crippen LogP contribution is -2.17. The molecule has 0 spiro atoms. The van der Waals surface area contributed by atoms with E-state index in [-0.39, 0.29) is 23.9 Å². The Labute approximate surface area is 146 Å². The molecule has 0 fully saturated rings. The van der Waals surface area contributed by atoms with Crippen LogP contribution >= 0.6 is 0 Å². The van der Waals surface area contributed by atoms with Crippen molar-refractivity contribution in [3.63, 3.8) is 0 Å². The predicted molar refractivity (Wildman–Crippen MR) is 98.8 cm³/mol. The first kappa shape index (κ1) is 16.7. The molecule has 0 bridgehead atoms. The van der Waals surface area contributed by atoms with Gasteiger partial charge in [-0.3, -0.25) is 4.79 Å². The van der Waals surface area contributed by atoms with Crippen molar-refractivity contribution in [1.29, 1.82) is 0 Å². The molecular formula is C21H19FN2O. The number of nitrogens with one attached hydrogen (secondary N) is 1. The third-order valence-corrected chi connectivity index (χ3v) is 4.08. The second kappa shape index (κ2) is 7.62. The van der Waals surface area contributed by atoms with Crippen molar-refractivity contribution in [3.8, 4) is 0 Å². The van der Waals surface area contributed by atoms with E-state index in [4.69, 9.17) is 5.73 Å². The van der Waals surface area contributed by atoms with Crippen LogP contribution in [0.3, 0.4) is 0 Å². The molecule has 3 N–H and O–H groups in total. The molecule has 0 aliphatic rings. The van der Waals surface area contributed by atoms with Gasteiger partial charge < -0.3 is 11.1 Å². The van der Waals surface area contributed by atoms with Crippen LogP contribution in [-0.4, -0.2) is 5.91 Å². The monoisotopic (exact) mass is 334 g/mol. The minimum atomic E-state index is -0.429. The highest BCUT2D eigenvalue weighted by Gasteiger charge is 2.18. The van der Waals surface area contributed by atoms with E-state index in [9.17, 15) is 9.18 Å². The molecule has 25 heavy (non-hydrogen) atoms. The zero-order valence-corrected chi connectivity index (χ0v) is 13.7. The van der Waals surface area contributed by atoms with Gasteiger partial charge in [0.15, 0.2) is 0 Å². The number of nitrogen functional groups attached to an aromatic ring is 1.